The first-order valence-corrected chi connectivity index (χ1v) is 9.98. The Hall–Kier alpha value is -3.66. The van der Waals surface area contributed by atoms with Crippen molar-refractivity contribution in [3.8, 4) is 0 Å². The third-order valence-electron chi connectivity index (χ3n) is 5.71. The number of likely N-dealkylation sites (tertiary alicyclic amines) is 1. The van der Waals surface area contributed by atoms with Crippen molar-refractivity contribution in [2.45, 2.75) is 25.2 Å². The van der Waals surface area contributed by atoms with Gasteiger partial charge in [0.2, 0.25) is 5.78 Å². The Balaban J connectivity index is 1.42. The Morgan fingerprint density at radius 3 is 2.58 bits per heavy atom. The number of hydrogen-bond acceptors (Lipinski definition) is 3. The second-order valence-corrected chi connectivity index (χ2v) is 7.62. The first-order valence-electron chi connectivity index (χ1n) is 9.98. The van der Waals surface area contributed by atoms with Crippen LogP contribution in [0, 0.1) is 18.2 Å². The number of fused-ring (bicyclic) bond motifs is 1. The molecule has 0 aliphatic carbocycles. The van der Waals surface area contributed by atoms with E-state index < -0.39 is 17.5 Å². The second kappa shape index (κ2) is 8.60. The van der Waals surface area contributed by atoms with Crippen LogP contribution in [-0.2, 0) is 16.0 Å². The van der Waals surface area contributed by atoms with E-state index in [1.54, 1.807) is 12.3 Å². The molecule has 0 atom stereocenters. The molecule has 0 unspecified atom stereocenters. The van der Waals surface area contributed by atoms with Gasteiger partial charge < -0.3 is 4.90 Å². The van der Waals surface area contributed by atoms with Gasteiger partial charge in [-0.05, 0) is 60.2 Å². The smallest absolute Gasteiger partial charge is 0.290 e. The van der Waals surface area contributed by atoms with Crippen LogP contribution in [0.4, 0.5) is 14.5 Å². The van der Waals surface area contributed by atoms with Crippen molar-refractivity contribution in [1.29, 1.82) is 0 Å². The molecule has 1 saturated heterocycles. The molecular weight excluding hydrogens is 400 g/mol. The maximum atomic E-state index is 14.0. The van der Waals surface area contributed by atoms with Crippen LogP contribution in [0.2, 0.25) is 0 Å². The molecule has 1 amide bonds. The zero-order chi connectivity index (χ0) is 22.0. The molecule has 2 heterocycles. The van der Waals surface area contributed by atoms with Crippen molar-refractivity contribution in [2.75, 3.05) is 13.1 Å². The minimum Gasteiger partial charge on any atom is -0.336 e. The Bertz CT molecular complexity index is 1210. The van der Waals surface area contributed by atoms with Crippen molar-refractivity contribution in [1.82, 2.24) is 9.88 Å². The van der Waals surface area contributed by atoms with Gasteiger partial charge in [0, 0.05) is 31.1 Å². The Kier molecular flexibility index (Phi) is 5.72. The third kappa shape index (κ3) is 4.29. The highest BCUT2D eigenvalue weighted by Gasteiger charge is 2.28. The van der Waals surface area contributed by atoms with E-state index in [1.165, 1.54) is 29.2 Å². The highest BCUT2D eigenvalue weighted by molar-refractivity contribution is 6.36. The minimum atomic E-state index is -0.677. The first kappa shape index (κ1) is 20.6. The summed E-state index contributed by atoms with van der Waals surface area (Å²) in [6, 6.07) is 10.2. The molecule has 0 radical (unpaired) electrons. The topological polar surface area (TPSA) is 54.6 Å². The van der Waals surface area contributed by atoms with Crippen LogP contribution in [0.25, 0.3) is 15.7 Å². The van der Waals surface area contributed by atoms with Gasteiger partial charge in [-0.2, -0.15) is 0 Å². The molecule has 3 aromatic rings. The monoisotopic (exact) mass is 419 g/mol. The van der Waals surface area contributed by atoms with E-state index in [-0.39, 0.29) is 29.4 Å². The number of carbonyl (C=O) groups excluding carboxylic acids is 2. The number of carbonyl (C=O) groups is 2. The van der Waals surface area contributed by atoms with Crippen molar-refractivity contribution in [3.05, 3.63) is 82.8 Å². The van der Waals surface area contributed by atoms with E-state index in [1.807, 2.05) is 6.07 Å². The van der Waals surface area contributed by atoms with E-state index in [2.05, 4.69) is 9.83 Å². The molecule has 1 aliphatic heterocycles. The SMILES string of the molecule is [C-]#[N+]c1ccc(CC(=O)C(=O)N2CCC(c3ccnc4ccc(F)cc34)CC2)c(F)c1. The van der Waals surface area contributed by atoms with Crippen molar-refractivity contribution in [3.63, 3.8) is 0 Å². The molecule has 1 aromatic heterocycles. The van der Waals surface area contributed by atoms with Crippen molar-refractivity contribution >= 4 is 28.3 Å². The number of benzene rings is 2. The number of ketones is 1. The molecule has 0 saturated carbocycles. The summed E-state index contributed by atoms with van der Waals surface area (Å²) in [7, 11) is 0. The average molecular weight is 419 g/mol. The van der Waals surface area contributed by atoms with Crippen LogP contribution < -0.4 is 0 Å². The molecular formula is C24H19F2N3O2. The van der Waals surface area contributed by atoms with Gasteiger partial charge in [0.25, 0.3) is 5.91 Å². The number of pyridine rings is 1. The van der Waals surface area contributed by atoms with E-state index in [0.717, 1.165) is 22.5 Å². The number of aromatic nitrogens is 1. The molecule has 2 aromatic carbocycles. The van der Waals surface area contributed by atoms with Crippen LogP contribution in [0.15, 0.2) is 48.7 Å². The predicted molar refractivity (Wildman–Crippen MR) is 112 cm³/mol. The summed E-state index contributed by atoms with van der Waals surface area (Å²) in [5.41, 5.74) is 1.96. The Morgan fingerprint density at radius 2 is 1.87 bits per heavy atom. The first-order chi connectivity index (χ1) is 15.0. The van der Waals surface area contributed by atoms with Crippen LogP contribution in [-0.4, -0.2) is 34.7 Å². The normalized spacial score (nSPS) is 14.4. The predicted octanol–water partition coefficient (Wildman–Crippen LogP) is 4.58. The summed E-state index contributed by atoms with van der Waals surface area (Å²) in [5.74, 6) is -2.16. The highest BCUT2D eigenvalue weighted by Crippen LogP contribution is 2.33. The fraction of sp³-hybridized carbons (Fsp3) is 0.250. The minimum absolute atomic E-state index is 0.103. The summed E-state index contributed by atoms with van der Waals surface area (Å²) in [5, 5.41) is 0.765. The zero-order valence-corrected chi connectivity index (χ0v) is 16.6. The van der Waals surface area contributed by atoms with Crippen molar-refractivity contribution in [2.24, 2.45) is 0 Å². The van der Waals surface area contributed by atoms with Gasteiger partial charge >= 0.3 is 0 Å². The van der Waals surface area contributed by atoms with E-state index in [0.29, 0.717) is 25.9 Å². The van der Waals surface area contributed by atoms with Crippen LogP contribution >= 0.6 is 0 Å². The average Bonchev–Trinajstić information content (AvgIpc) is 2.79. The number of rotatable bonds is 4. The van der Waals surface area contributed by atoms with E-state index >= 15 is 0 Å². The van der Waals surface area contributed by atoms with Gasteiger partial charge in [0.05, 0.1) is 12.1 Å². The van der Waals surface area contributed by atoms with E-state index in [9.17, 15) is 18.4 Å². The molecule has 0 N–H and O–H groups in total. The van der Waals surface area contributed by atoms with Gasteiger partial charge in [-0.1, -0.05) is 12.1 Å². The van der Waals surface area contributed by atoms with Crippen LogP contribution in [0.3, 0.4) is 0 Å². The molecule has 1 aliphatic rings. The summed E-state index contributed by atoms with van der Waals surface area (Å²) >= 11 is 0. The number of halogens is 2. The lowest BCUT2D eigenvalue weighted by Crippen LogP contribution is -2.42. The lowest BCUT2D eigenvalue weighted by molar-refractivity contribution is -0.145. The van der Waals surface area contributed by atoms with E-state index in [4.69, 9.17) is 6.57 Å². The molecule has 7 heteroatoms. The maximum absolute atomic E-state index is 14.0. The highest BCUT2D eigenvalue weighted by atomic mass is 19.1. The zero-order valence-electron chi connectivity index (χ0n) is 16.6. The van der Waals surface area contributed by atoms with Crippen molar-refractivity contribution < 1.29 is 18.4 Å². The lowest BCUT2D eigenvalue weighted by Gasteiger charge is -2.32. The summed E-state index contributed by atoms with van der Waals surface area (Å²) in [4.78, 5) is 33.9. The second-order valence-electron chi connectivity index (χ2n) is 7.62. The fourth-order valence-corrected chi connectivity index (χ4v) is 4.06. The van der Waals surface area contributed by atoms with Gasteiger partial charge in [-0.25, -0.2) is 13.6 Å². The number of Topliss-reactive ketones (excluding diaryl/α,β-unsaturated/α-hetero) is 1. The molecule has 0 bridgehead atoms. The fourth-order valence-electron chi connectivity index (χ4n) is 4.06. The number of amides is 1. The van der Waals surface area contributed by atoms with Gasteiger partial charge in [0.1, 0.15) is 11.6 Å². The van der Waals surface area contributed by atoms with Crippen LogP contribution in [0.5, 0.6) is 0 Å². The molecule has 156 valence electrons. The number of hydrogen-bond donors (Lipinski definition) is 0. The number of piperidine rings is 1. The Labute approximate surface area is 178 Å². The molecule has 1 fully saturated rings. The molecule has 31 heavy (non-hydrogen) atoms. The van der Waals surface area contributed by atoms with Gasteiger partial charge in [-0.15, -0.1) is 0 Å². The van der Waals surface area contributed by atoms with Gasteiger partial charge in [-0.3, -0.25) is 14.6 Å². The summed E-state index contributed by atoms with van der Waals surface area (Å²) < 4.78 is 27.8. The molecule has 4 rings (SSSR count). The molecule has 5 nitrogen and oxygen atoms in total. The maximum Gasteiger partial charge on any atom is 0.290 e. The number of nitrogens with zero attached hydrogens (tertiary/aromatic N) is 3. The summed E-state index contributed by atoms with van der Waals surface area (Å²) in [6.45, 7) is 7.69. The van der Waals surface area contributed by atoms with Gasteiger partial charge in [0.15, 0.2) is 5.69 Å². The largest absolute Gasteiger partial charge is 0.336 e. The summed E-state index contributed by atoms with van der Waals surface area (Å²) in [6.07, 6.45) is 2.65. The molecule has 0 spiro atoms. The Morgan fingerprint density at radius 1 is 1.10 bits per heavy atom. The quantitative estimate of drug-likeness (QED) is 0.459. The standard InChI is InChI=1S/C24H19F2N3O2/c1-27-18-4-2-16(21(26)14-18)12-23(30)24(31)29-10-7-15(8-11-29)19-6-9-28-22-5-3-17(25)13-20(19)22/h2-6,9,13-15H,7-8,10-12H2. The third-order valence-corrected chi connectivity index (χ3v) is 5.71. The lowest BCUT2D eigenvalue weighted by atomic mass is 9.87. The van der Waals surface area contributed by atoms with Crippen LogP contribution in [0.1, 0.15) is 29.9 Å².